The van der Waals surface area contributed by atoms with Gasteiger partial charge in [-0.1, -0.05) is 33.6 Å². The average molecular weight is 474 g/mol. The Balaban J connectivity index is 4.99. The molecule has 190 valence electrons. The number of ether oxygens (including phenoxy) is 1. The molecule has 0 aliphatic carbocycles. The van der Waals surface area contributed by atoms with E-state index in [4.69, 9.17) is 9.84 Å². The largest absolute Gasteiger partial charge is 0.480 e. The normalized spacial score (nSPS) is 15.3. The standard InChI is InChI=1S/C22H39N3O8/c1-6-9-13(4)33-18(28)12-11-17(27)23-16(10-7-2)20(29)25-19(14(5)26)21(30)24-15(8-3)22(31)32/h13-16,19,26H,6-12H2,1-5H3,(H,23,27)(H,24,30)(H,25,29)(H,31,32)/t13?,14?,15-,16-,19-/m0/s1. The quantitative estimate of drug-likeness (QED) is 0.203. The fourth-order valence-electron chi connectivity index (χ4n) is 3.05. The molecule has 3 amide bonds. The maximum absolute atomic E-state index is 12.7. The predicted molar refractivity (Wildman–Crippen MR) is 120 cm³/mol. The summed E-state index contributed by atoms with van der Waals surface area (Å²) >= 11 is 0. The molecule has 0 aliphatic heterocycles. The van der Waals surface area contributed by atoms with Crippen molar-refractivity contribution in [3.8, 4) is 0 Å². The van der Waals surface area contributed by atoms with Gasteiger partial charge in [-0.25, -0.2) is 4.79 Å². The molecule has 0 saturated heterocycles. The molecule has 0 spiro atoms. The smallest absolute Gasteiger partial charge is 0.326 e. The van der Waals surface area contributed by atoms with Gasteiger partial charge >= 0.3 is 11.9 Å². The van der Waals surface area contributed by atoms with Crippen LogP contribution >= 0.6 is 0 Å². The van der Waals surface area contributed by atoms with Gasteiger partial charge in [-0.2, -0.15) is 0 Å². The van der Waals surface area contributed by atoms with Crippen molar-refractivity contribution >= 4 is 29.7 Å². The van der Waals surface area contributed by atoms with E-state index in [0.29, 0.717) is 6.42 Å². The van der Waals surface area contributed by atoms with Crippen LogP contribution < -0.4 is 16.0 Å². The first-order chi connectivity index (χ1) is 15.5. The van der Waals surface area contributed by atoms with Crippen molar-refractivity contribution in [2.24, 2.45) is 0 Å². The molecule has 0 aliphatic rings. The van der Waals surface area contributed by atoms with Crippen molar-refractivity contribution in [3.05, 3.63) is 0 Å². The second kappa shape index (κ2) is 16.0. The number of hydrogen-bond donors (Lipinski definition) is 5. The number of carbonyl (C=O) groups is 5. The zero-order chi connectivity index (χ0) is 25.6. The molecule has 2 unspecified atom stereocenters. The lowest BCUT2D eigenvalue weighted by Crippen LogP contribution is -2.59. The number of hydrogen-bond acceptors (Lipinski definition) is 7. The first-order valence-electron chi connectivity index (χ1n) is 11.5. The Bertz CT molecular complexity index is 668. The topological polar surface area (TPSA) is 171 Å². The van der Waals surface area contributed by atoms with Crippen LogP contribution in [0.2, 0.25) is 0 Å². The Kier molecular flexibility index (Phi) is 14.7. The van der Waals surface area contributed by atoms with E-state index >= 15 is 0 Å². The summed E-state index contributed by atoms with van der Waals surface area (Å²) in [5, 5.41) is 26.2. The molecule has 5 N–H and O–H groups in total. The Labute approximate surface area is 195 Å². The fourth-order valence-corrected chi connectivity index (χ4v) is 3.05. The summed E-state index contributed by atoms with van der Waals surface area (Å²) in [6, 6.07) is -3.56. The first-order valence-corrected chi connectivity index (χ1v) is 11.5. The third-order valence-electron chi connectivity index (χ3n) is 4.90. The Morgan fingerprint density at radius 2 is 1.42 bits per heavy atom. The zero-order valence-electron chi connectivity index (χ0n) is 20.2. The summed E-state index contributed by atoms with van der Waals surface area (Å²) in [5.74, 6) is -3.82. The van der Waals surface area contributed by atoms with Crippen LogP contribution in [0.4, 0.5) is 0 Å². The molecule has 11 heteroatoms. The molecular weight excluding hydrogens is 434 g/mol. The SMILES string of the molecule is CCCC(C)OC(=O)CCC(=O)N[C@@H](CCC)C(=O)N[C@H](C(=O)N[C@@H](CC)C(=O)O)C(C)O. The number of carboxylic acid groups (broad SMARTS) is 1. The van der Waals surface area contributed by atoms with Crippen molar-refractivity contribution < 1.29 is 38.9 Å². The second-order valence-electron chi connectivity index (χ2n) is 8.03. The number of aliphatic carboxylic acids is 1. The van der Waals surface area contributed by atoms with E-state index in [1.165, 1.54) is 6.92 Å². The van der Waals surface area contributed by atoms with Gasteiger partial charge < -0.3 is 30.9 Å². The van der Waals surface area contributed by atoms with Gasteiger partial charge in [-0.15, -0.1) is 0 Å². The highest BCUT2D eigenvalue weighted by Crippen LogP contribution is 2.06. The minimum atomic E-state index is -1.41. The number of carbonyl (C=O) groups excluding carboxylic acids is 4. The molecule has 0 aromatic rings. The molecule has 5 atom stereocenters. The summed E-state index contributed by atoms with van der Waals surface area (Å²) in [7, 11) is 0. The van der Waals surface area contributed by atoms with E-state index in [2.05, 4.69) is 16.0 Å². The molecule has 0 heterocycles. The van der Waals surface area contributed by atoms with E-state index in [0.717, 1.165) is 12.8 Å². The molecule has 11 nitrogen and oxygen atoms in total. The van der Waals surface area contributed by atoms with E-state index < -0.39 is 53.9 Å². The highest BCUT2D eigenvalue weighted by atomic mass is 16.5. The van der Waals surface area contributed by atoms with E-state index in [9.17, 15) is 29.1 Å². The van der Waals surface area contributed by atoms with Gasteiger partial charge in [-0.05, 0) is 33.1 Å². The molecular formula is C22H39N3O8. The maximum atomic E-state index is 12.7. The average Bonchev–Trinajstić information content (AvgIpc) is 2.73. The molecule has 0 saturated carbocycles. The van der Waals surface area contributed by atoms with E-state index in [1.807, 2.05) is 6.92 Å². The molecule has 0 aromatic heterocycles. The molecule has 0 bridgehead atoms. The number of rotatable bonds is 16. The highest BCUT2D eigenvalue weighted by molar-refractivity contribution is 5.94. The van der Waals surface area contributed by atoms with Crippen LogP contribution in [0, 0.1) is 0 Å². The maximum Gasteiger partial charge on any atom is 0.326 e. The second-order valence-corrected chi connectivity index (χ2v) is 8.03. The van der Waals surface area contributed by atoms with E-state index in [-0.39, 0.29) is 31.8 Å². The van der Waals surface area contributed by atoms with Crippen LogP contribution in [0.15, 0.2) is 0 Å². The van der Waals surface area contributed by atoms with Crippen molar-refractivity contribution in [2.45, 2.75) is 110 Å². The predicted octanol–water partition coefficient (Wildman–Crippen LogP) is 0.628. The minimum Gasteiger partial charge on any atom is -0.480 e. The molecule has 33 heavy (non-hydrogen) atoms. The van der Waals surface area contributed by atoms with Crippen LogP contribution in [-0.2, 0) is 28.7 Å². The Morgan fingerprint density at radius 1 is 0.818 bits per heavy atom. The Morgan fingerprint density at radius 3 is 1.91 bits per heavy atom. The van der Waals surface area contributed by atoms with Gasteiger partial charge in [0.05, 0.1) is 18.6 Å². The van der Waals surface area contributed by atoms with Gasteiger partial charge in [0, 0.05) is 6.42 Å². The molecule has 0 rings (SSSR count). The van der Waals surface area contributed by atoms with E-state index in [1.54, 1.807) is 20.8 Å². The highest BCUT2D eigenvalue weighted by Gasteiger charge is 2.31. The van der Waals surface area contributed by atoms with Crippen molar-refractivity contribution in [3.63, 3.8) is 0 Å². The summed E-state index contributed by atoms with van der Waals surface area (Å²) in [6.45, 7) is 8.40. The number of esters is 1. The van der Waals surface area contributed by atoms with Crippen LogP contribution in [0.3, 0.4) is 0 Å². The summed E-state index contributed by atoms with van der Waals surface area (Å²) < 4.78 is 5.19. The van der Waals surface area contributed by atoms with Gasteiger partial charge in [0.2, 0.25) is 17.7 Å². The summed E-state index contributed by atoms with van der Waals surface area (Å²) in [5.41, 5.74) is 0. The van der Waals surface area contributed by atoms with Gasteiger partial charge in [0.1, 0.15) is 18.1 Å². The summed E-state index contributed by atoms with van der Waals surface area (Å²) in [6.07, 6.45) is 0.668. The van der Waals surface area contributed by atoms with Crippen molar-refractivity contribution in [2.75, 3.05) is 0 Å². The van der Waals surface area contributed by atoms with Crippen LogP contribution in [0.25, 0.3) is 0 Å². The third-order valence-corrected chi connectivity index (χ3v) is 4.90. The molecule has 0 radical (unpaired) electrons. The number of amides is 3. The molecule has 0 fully saturated rings. The van der Waals surface area contributed by atoms with Gasteiger partial charge in [-0.3, -0.25) is 19.2 Å². The summed E-state index contributed by atoms with van der Waals surface area (Å²) in [4.78, 5) is 60.4. The Hall–Kier alpha value is -2.69. The number of nitrogens with one attached hydrogen (secondary N) is 3. The van der Waals surface area contributed by atoms with Gasteiger partial charge in [0.25, 0.3) is 0 Å². The van der Waals surface area contributed by atoms with Crippen LogP contribution in [0.1, 0.15) is 79.6 Å². The third kappa shape index (κ3) is 12.2. The molecule has 0 aromatic carbocycles. The van der Waals surface area contributed by atoms with Crippen molar-refractivity contribution in [1.82, 2.24) is 16.0 Å². The zero-order valence-corrected chi connectivity index (χ0v) is 20.2. The number of aliphatic hydroxyl groups is 1. The minimum absolute atomic E-state index is 0.121. The van der Waals surface area contributed by atoms with Crippen LogP contribution in [-0.4, -0.2) is 70.2 Å². The van der Waals surface area contributed by atoms with Crippen molar-refractivity contribution in [1.29, 1.82) is 0 Å². The fraction of sp³-hybridized carbons (Fsp3) is 0.773. The lowest BCUT2D eigenvalue weighted by atomic mass is 10.1. The lowest BCUT2D eigenvalue weighted by Gasteiger charge is -2.25. The number of carboxylic acids is 1. The monoisotopic (exact) mass is 473 g/mol. The lowest BCUT2D eigenvalue weighted by molar-refractivity contribution is -0.149. The van der Waals surface area contributed by atoms with Gasteiger partial charge in [0.15, 0.2) is 0 Å². The number of aliphatic hydroxyl groups excluding tert-OH is 1. The first kappa shape index (κ1) is 30.3. The van der Waals surface area contributed by atoms with Crippen LogP contribution in [0.5, 0.6) is 0 Å².